The summed E-state index contributed by atoms with van der Waals surface area (Å²) < 4.78 is 7.63. The standard InChI is InChI=1S/C17H25BrN2O/c1-3-19-15-12-17(7-9-20(4-2)10-8-17)21-16-6-5-13(18)11-14(15)16/h5-6,11,15,19H,3-4,7-10,12H2,1-2H3. The fourth-order valence-corrected chi connectivity index (χ4v) is 4.03. The molecule has 21 heavy (non-hydrogen) atoms. The van der Waals surface area contributed by atoms with Gasteiger partial charge < -0.3 is 15.0 Å². The van der Waals surface area contributed by atoms with Gasteiger partial charge in [-0.2, -0.15) is 0 Å². The summed E-state index contributed by atoms with van der Waals surface area (Å²) in [5.41, 5.74) is 1.33. The number of fused-ring (bicyclic) bond motifs is 1. The molecule has 4 heteroatoms. The zero-order chi connectivity index (χ0) is 14.9. The quantitative estimate of drug-likeness (QED) is 0.896. The monoisotopic (exact) mass is 352 g/mol. The maximum absolute atomic E-state index is 6.50. The summed E-state index contributed by atoms with van der Waals surface area (Å²) in [6, 6.07) is 6.82. The molecule has 1 N–H and O–H groups in total. The maximum atomic E-state index is 6.50. The van der Waals surface area contributed by atoms with E-state index in [9.17, 15) is 0 Å². The van der Waals surface area contributed by atoms with Crippen LogP contribution in [0.25, 0.3) is 0 Å². The molecule has 2 aliphatic heterocycles. The van der Waals surface area contributed by atoms with Crippen molar-refractivity contribution >= 4 is 15.9 Å². The number of nitrogens with one attached hydrogen (secondary N) is 1. The lowest BCUT2D eigenvalue weighted by atomic mass is 9.80. The summed E-state index contributed by atoms with van der Waals surface area (Å²) in [6.07, 6.45) is 3.36. The fourth-order valence-electron chi connectivity index (χ4n) is 3.65. The van der Waals surface area contributed by atoms with Gasteiger partial charge in [-0.3, -0.25) is 0 Å². The van der Waals surface area contributed by atoms with Gasteiger partial charge >= 0.3 is 0 Å². The Morgan fingerprint density at radius 3 is 2.76 bits per heavy atom. The minimum atomic E-state index is 0.0271. The second-order valence-electron chi connectivity index (χ2n) is 6.22. The molecule has 0 saturated carbocycles. The summed E-state index contributed by atoms with van der Waals surface area (Å²) >= 11 is 3.58. The van der Waals surface area contributed by atoms with Gasteiger partial charge in [-0.15, -0.1) is 0 Å². The van der Waals surface area contributed by atoms with E-state index < -0.39 is 0 Å². The van der Waals surface area contributed by atoms with Gasteiger partial charge in [0.2, 0.25) is 0 Å². The van der Waals surface area contributed by atoms with Crippen LogP contribution < -0.4 is 10.1 Å². The molecule has 2 aliphatic rings. The van der Waals surface area contributed by atoms with E-state index in [-0.39, 0.29) is 5.60 Å². The second-order valence-corrected chi connectivity index (χ2v) is 7.13. The van der Waals surface area contributed by atoms with E-state index in [0.717, 1.165) is 55.7 Å². The molecule has 3 rings (SSSR count). The van der Waals surface area contributed by atoms with E-state index in [1.807, 2.05) is 0 Å². The van der Waals surface area contributed by atoms with Crippen LogP contribution in [0.15, 0.2) is 22.7 Å². The Hall–Kier alpha value is -0.580. The van der Waals surface area contributed by atoms with E-state index in [1.54, 1.807) is 0 Å². The SMILES string of the molecule is CCNC1CC2(CCN(CC)CC2)Oc2ccc(Br)cc21. The maximum Gasteiger partial charge on any atom is 0.125 e. The van der Waals surface area contributed by atoms with Gasteiger partial charge in [0.25, 0.3) is 0 Å². The van der Waals surface area contributed by atoms with Crippen molar-refractivity contribution in [3.63, 3.8) is 0 Å². The number of benzene rings is 1. The van der Waals surface area contributed by atoms with Crippen molar-refractivity contribution in [3.8, 4) is 5.75 Å². The summed E-state index contributed by atoms with van der Waals surface area (Å²) in [6.45, 7) is 8.87. The van der Waals surface area contributed by atoms with Crippen LogP contribution in [0, 0.1) is 0 Å². The van der Waals surface area contributed by atoms with E-state index in [4.69, 9.17) is 4.74 Å². The van der Waals surface area contributed by atoms with Crippen LogP contribution in [-0.2, 0) is 0 Å². The number of hydrogen-bond donors (Lipinski definition) is 1. The molecule has 0 radical (unpaired) electrons. The van der Waals surface area contributed by atoms with Gasteiger partial charge in [-0.1, -0.05) is 29.8 Å². The third-order valence-electron chi connectivity index (χ3n) is 4.91. The average molecular weight is 353 g/mol. The fraction of sp³-hybridized carbons (Fsp3) is 0.647. The first-order chi connectivity index (χ1) is 10.2. The van der Waals surface area contributed by atoms with Crippen molar-refractivity contribution in [2.75, 3.05) is 26.2 Å². The van der Waals surface area contributed by atoms with Crippen LogP contribution in [0.4, 0.5) is 0 Å². The van der Waals surface area contributed by atoms with Crippen molar-refractivity contribution in [2.45, 2.75) is 44.8 Å². The Morgan fingerprint density at radius 1 is 1.33 bits per heavy atom. The Bertz CT molecular complexity index is 498. The lowest BCUT2D eigenvalue weighted by molar-refractivity contribution is -0.0241. The number of ether oxygens (including phenoxy) is 1. The Kier molecular flexibility index (Phi) is 4.57. The number of halogens is 1. The van der Waals surface area contributed by atoms with Gasteiger partial charge in [0, 0.05) is 35.6 Å². The van der Waals surface area contributed by atoms with Gasteiger partial charge in [0.1, 0.15) is 11.4 Å². The molecular weight excluding hydrogens is 328 g/mol. The highest BCUT2D eigenvalue weighted by Crippen LogP contribution is 2.44. The van der Waals surface area contributed by atoms with E-state index in [1.165, 1.54) is 5.56 Å². The predicted molar refractivity (Wildman–Crippen MR) is 89.9 cm³/mol. The topological polar surface area (TPSA) is 24.5 Å². The highest BCUT2D eigenvalue weighted by atomic mass is 79.9. The highest BCUT2D eigenvalue weighted by molar-refractivity contribution is 9.10. The van der Waals surface area contributed by atoms with E-state index in [0.29, 0.717) is 6.04 Å². The van der Waals surface area contributed by atoms with Crippen molar-refractivity contribution < 1.29 is 4.74 Å². The highest BCUT2D eigenvalue weighted by Gasteiger charge is 2.42. The van der Waals surface area contributed by atoms with Crippen LogP contribution in [0.5, 0.6) is 5.75 Å². The molecule has 116 valence electrons. The summed E-state index contributed by atoms with van der Waals surface area (Å²) in [4.78, 5) is 2.52. The first kappa shape index (κ1) is 15.3. The zero-order valence-electron chi connectivity index (χ0n) is 13.0. The number of nitrogens with zero attached hydrogens (tertiary/aromatic N) is 1. The molecule has 1 aromatic rings. The third kappa shape index (κ3) is 3.13. The molecule has 0 aromatic heterocycles. The molecule has 1 atom stereocenters. The molecule has 1 fully saturated rings. The van der Waals surface area contributed by atoms with Crippen LogP contribution in [-0.4, -0.2) is 36.7 Å². The molecule has 1 saturated heterocycles. The van der Waals surface area contributed by atoms with Crippen molar-refractivity contribution in [1.82, 2.24) is 10.2 Å². The van der Waals surface area contributed by atoms with Gasteiger partial charge in [0.15, 0.2) is 0 Å². The second kappa shape index (κ2) is 6.27. The Labute approximate surface area is 136 Å². The normalized spacial score (nSPS) is 24.6. The van der Waals surface area contributed by atoms with Crippen molar-refractivity contribution in [1.29, 1.82) is 0 Å². The molecule has 1 aromatic carbocycles. The Morgan fingerprint density at radius 2 is 2.10 bits per heavy atom. The van der Waals surface area contributed by atoms with E-state index in [2.05, 4.69) is 58.2 Å². The number of rotatable bonds is 3. The number of hydrogen-bond acceptors (Lipinski definition) is 3. The molecule has 1 unspecified atom stereocenters. The van der Waals surface area contributed by atoms with Gasteiger partial charge in [0.05, 0.1) is 0 Å². The van der Waals surface area contributed by atoms with Crippen LogP contribution in [0.3, 0.4) is 0 Å². The molecule has 0 bridgehead atoms. The van der Waals surface area contributed by atoms with Crippen molar-refractivity contribution in [2.24, 2.45) is 0 Å². The summed E-state index contributed by atoms with van der Waals surface area (Å²) in [5, 5.41) is 3.65. The first-order valence-electron chi connectivity index (χ1n) is 8.10. The largest absolute Gasteiger partial charge is 0.487 e. The molecule has 3 nitrogen and oxygen atoms in total. The third-order valence-corrected chi connectivity index (χ3v) is 5.41. The van der Waals surface area contributed by atoms with Crippen LogP contribution >= 0.6 is 15.9 Å². The van der Waals surface area contributed by atoms with Gasteiger partial charge in [-0.05, 0) is 44.1 Å². The zero-order valence-corrected chi connectivity index (χ0v) is 14.6. The van der Waals surface area contributed by atoms with Crippen LogP contribution in [0.2, 0.25) is 0 Å². The predicted octanol–water partition coefficient (Wildman–Crippen LogP) is 3.74. The minimum absolute atomic E-state index is 0.0271. The van der Waals surface area contributed by atoms with Crippen molar-refractivity contribution in [3.05, 3.63) is 28.2 Å². The smallest absolute Gasteiger partial charge is 0.125 e. The molecule has 2 heterocycles. The lowest BCUT2D eigenvalue weighted by Gasteiger charge is -2.47. The number of likely N-dealkylation sites (tertiary alicyclic amines) is 1. The van der Waals surface area contributed by atoms with Gasteiger partial charge in [-0.25, -0.2) is 0 Å². The van der Waals surface area contributed by atoms with E-state index >= 15 is 0 Å². The first-order valence-corrected chi connectivity index (χ1v) is 8.89. The molecule has 0 amide bonds. The lowest BCUT2D eigenvalue weighted by Crippen LogP contribution is -2.51. The average Bonchev–Trinajstić information content (AvgIpc) is 2.49. The molecule has 1 spiro atoms. The minimum Gasteiger partial charge on any atom is -0.487 e. The number of piperidine rings is 1. The molecule has 0 aliphatic carbocycles. The summed E-state index contributed by atoms with van der Waals surface area (Å²) in [5.74, 6) is 1.07. The summed E-state index contributed by atoms with van der Waals surface area (Å²) in [7, 11) is 0. The van der Waals surface area contributed by atoms with Crippen LogP contribution in [0.1, 0.15) is 44.7 Å². The Balaban J connectivity index is 1.85. The molecular formula is C17H25BrN2O.